The van der Waals surface area contributed by atoms with Crippen molar-refractivity contribution in [3.8, 4) is 0 Å². The van der Waals surface area contributed by atoms with Gasteiger partial charge in [-0.25, -0.2) is 4.79 Å². The number of rotatable bonds is 8. The van der Waals surface area contributed by atoms with Crippen LogP contribution in [0.3, 0.4) is 0 Å². The van der Waals surface area contributed by atoms with Gasteiger partial charge in [0, 0.05) is 12.0 Å². The van der Waals surface area contributed by atoms with Crippen LogP contribution in [-0.2, 0) is 20.9 Å². The predicted molar refractivity (Wildman–Crippen MR) is 95.5 cm³/mol. The van der Waals surface area contributed by atoms with Gasteiger partial charge < -0.3 is 9.47 Å². The molecule has 0 bridgehead atoms. The van der Waals surface area contributed by atoms with Crippen LogP contribution in [0.1, 0.15) is 36.1 Å². The molecule has 0 aromatic heterocycles. The minimum atomic E-state index is -0.363. The maximum atomic E-state index is 11.9. The van der Waals surface area contributed by atoms with E-state index in [4.69, 9.17) is 9.47 Å². The molecule has 2 aromatic carbocycles. The molecule has 0 heterocycles. The normalized spacial score (nSPS) is 11.8. The van der Waals surface area contributed by atoms with E-state index in [1.165, 1.54) is 0 Å². The fraction of sp³-hybridized carbons (Fsp3) is 0.286. The number of hydrogen-bond acceptors (Lipinski definition) is 3. The van der Waals surface area contributed by atoms with Gasteiger partial charge >= 0.3 is 5.97 Å². The first-order chi connectivity index (χ1) is 11.6. The van der Waals surface area contributed by atoms with Gasteiger partial charge in [0.1, 0.15) is 0 Å². The minimum Gasteiger partial charge on any atom is -0.463 e. The summed E-state index contributed by atoms with van der Waals surface area (Å²) in [5, 5.41) is 0. The van der Waals surface area contributed by atoms with Gasteiger partial charge in [0.15, 0.2) is 0 Å². The standard InChI is InChI=1S/C21H24O3/c1-4-23-21(22)17(3)14-20(19-12-8-9-16(2)13-19)24-15-18-10-6-5-7-11-18/h5-13,20H,3-4,14-15H2,1-2H3. The van der Waals surface area contributed by atoms with E-state index in [0.29, 0.717) is 25.2 Å². The van der Waals surface area contributed by atoms with E-state index in [2.05, 4.69) is 12.6 Å². The van der Waals surface area contributed by atoms with Gasteiger partial charge in [0.2, 0.25) is 0 Å². The zero-order valence-electron chi connectivity index (χ0n) is 14.3. The summed E-state index contributed by atoms with van der Waals surface area (Å²) in [6.45, 7) is 8.51. The Labute approximate surface area is 143 Å². The zero-order valence-corrected chi connectivity index (χ0v) is 14.3. The maximum absolute atomic E-state index is 11.9. The molecule has 0 fully saturated rings. The van der Waals surface area contributed by atoms with Gasteiger partial charge in [-0.05, 0) is 25.0 Å². The van der Waals surface area contributed by atoms with Gasteiger partial charge in [-0.1, -0.05) is 66.7 Å². The first-order valence-electron chi connectivity index (χ1n) is 8.17. The highest BCUT2D eigenvalue weighted by atomic mass is 16.5. The second-order valence-corrected chi connectivity index (χ2v) is 5.73. The van der Waals surface area contributed by atoms with Crippen molar-refractivity contribution in [2.24, 2.45) is 0 Å². The molecule has 0 aliphatic heterocycles. The highest BCUT2D eigenvalue weighted by Gasteiger charge is 2.18. The summed E-state index contributed by atoms with van der Waals surface area (Å²) in [5.74, 6) is -0.363. The average Bonchev–Trinajstić information content (AvgIpc) is 2.59. The van der Waals surface area contributed by atoms with Crippen LogP contribution in [0.2, 0.25) is 0 Å². The number of esters is 1. The highest BCUT2D eigenvalue weighted by molar-refractivity contribution is 5.87. The fourth-order valence-electron chi connectivity index (χ4n) is 2.45. The Balaban J connectivity index is 2.12. The summed E-state index contributed by atoms with van der Waals surface area (Å²) >= 11 is 0. The molecule has 1 unspecified atom stereocenters. The van der Waals surface area contributed by atoms with Crippen molar-refractivity contribution in [2.45, 2.75) is 33.0 Å². The highest BCUT2D eigenvalue weighted by Crippen LogP contribution is 2.27. The molecule has 3 nitrogen and oxygen atoms in total. The van der Waals surface area contributed by atoms with Crippen LogP contribution in [0.5, 0.6) is 0 Å². The van der Waals surface area contributed by atoms with E-state index in [1.807, 2.05) is 55.5 Å². The molecule has 24 heavy (non-hydrogen) atoms. The molecule has 0 saturated carbocycles. The topological polar surface area (TPSA) is 35.5 Å². The molecule has 2 rings (SSSR count). The van der Waals surface area contributed by atoms with Crippen LogP contribution in [0, 0.1) is 6.92 Å². The number of carbonyl (C=O) groups excluding carboxylic acids is 1. The monoisotopic (exact) mass is 324 g/mol. The van der Waals surface area contributed by atoms with Crippen molar-refractivity contribution >= 4 is 5.97 Å². The Morgan fingerprint density at radius 1 is 1.12 bits per heavy atom. The van der Waals surface area contributed by atoms with Crippen LogP contribution in [-0.4, -0.2) is 12.6 Å². The minimum absolute atomic E-state index is 0.234. The molecule has 126 valence electrons. The van der Waals surface area contributed by atoms with Crippen LogP contribution in [0.15, 0.2) is 66.7 Å². The van der Waals surface area contributed by atoms with Crippen molar-refractivity contribution in [2.75, 3.05) is 6.61 Å². The summed E-state index contributed by atoms with van der Waals surface area (Å²) in [7, 11) is 0. The second-order valence-electron chi connectivity index (χ2n) is 5.73. The van der Waals surface area contributed by atoms with E-state index in [0.717, 1.165) is 16.7 Å². The van der Waals surface area contributed by atoms with Crippen molar-refractivity contribution in [1.82, 2.24) is 0 Å². The van der Waals surface area contributed by atoms with Gasteiger partial charge in [-0.3, -0.25) is 0 Å². The Hall–Kier alpha value is -2.39. The average molecular weight is 324 g/mol. The lowest BCUT2D eigenvalue weighted by molar-refractivity contribution is -0.139. The molecule has 2 aromatic rings. The number of aryl methyl sites for hydroxylation is 1. The molecule has 1 atom stereocenters. The molecule has 0 radical (unpaired) electrons. The molecule has 0 saturated heterocycles. The van der Waals surface area contributed by atoms with Gasteiger partial charge in [0.05, 0.1) is 19.3 Å². The third kappa shape index (κ3) is 5.36. The van der Waals surface area contributed by atoms with E-state index >= 15 is 0 Å². The first-order valence-corrected chi connectivity index (χ1v) is 8.17. The molecule has 0 aliphatic carbocycles. The number of carbonyl (C=O) groups is 1. The van der Waals surface area contributed by atoms with Crippen LogP contribution >= 0.6 is 0 Å². The van der Waals surface area contributed by atoms with Gasteiger partial charge in [-0.2, -0.15) is 0 Å². The molecule has 3 heteroatoms. The Morgan fingerprint density at radius 3 is 2.54 bits per heavy atom. The van der Waals surface area contributed by atoms with Crippen LogP contribution in [0.4, 0.5) is 0 Å². The molecule has 0 aliphatic rings. The van der Waals surface area contributed by atoms with E-state index in [9.17, 15) is 4.79 Å². The molecule has 0 amide bonds. The quantitative estimate of drug-likeness (QED) is 0.518. The fourth-order valence-corrected chi connectivity index (χ4v) is 2.45. The number of hydrogen-bond donors (Lipinski definition) is 0. The smallest absolute Gasteiger partial charge is 0.333 e. The van der Waals surface area contributed by atoms with E-state index in [1.54, 1.807) is 6.92 Å². The van der Waals surface area contributed by atoms with Crippen LogP contribution in [0.25, 0.3) is 0 Å². The summed E-state index contributed by atoms with van der Waals surface area (Å²) in [5.41, 5.74) is 3.72. The lowest BCUT2D eigenvalue weighted by Gasteiger charge is -2.20. The molecule has 0 N–H and O–H groups in total. The third-order valence-corrected chi connectivity index (χ3v) is 3.70. The van der Waals surface area contributed by atoms with E-state index in [-0.39, 0.29) is 12.1 Å². The lowest BCUT2D eigenvalue weighted by atomic mass is 10.0. The second kappa shape index (κ2) is 9.04. The molecule has 0 spiro atoms. The Kier molecular flexibility index (Phi) is 6.76. The summed E-state index contributed by atoms with van der Waals surface area (Å²) in [6.07, 6.45) is 0.178. The molecular formula is C21H24O3. The predicted octanol–water partition coefficient (Wildman–Crippen LogP) is 4.76. The summed E-state index contributed by atoms with van der Waals surface area (Å²) in [4.78, 5) is 11.9. The Morgan fingerprint density at radius 2 is 1.88 bits per heavy atom. The molecular weight excluding hydrogens is 300 g/mol. The summed E-state index contributed by atoms with van der Waals surface area (Å²) in [6, 6.07) is 18.1. The van der Waals surface area contributed by atoms with Gasteiger partial charge in [0.25, 0.3) is 0 Å². The maximum Gasteiger partial charge on any atom is 0.333 e. The van der Waals surface area contributed by atoms with Crippen molar-refractivity contribution < 1.29 is 14.3 Å². The Bertz CT molecular complexity index is 676. The first kappa shape index (κ1) is 18.0. The lowest BCUT2D eigenvalue weighted by Crippen LogP contribution is -2.12. The summed E-state index contributed by atoms with van der Waals surface area (Å²) < 4.78 is 11.1. The van der Waals surface area contributed by atoms with Crippen molar-refractivity contribution in [3.63, 3.8) is 0 Å². The largest absolute Gasteiger partial charge is 0.463 e. The van der Waals surface area contributed by atoms with Gasteiger partial charge in [-0.15, -0.1) is 0 Å². The SMILES string of the molecule is C=C(CC(OCc1ccccc1)c1cccc(C)c1)C(=O)OCC. The number of ether oxygens (including phenoxy) is 2. The zero-order chi connectivity index (χ0) is 17.4. The number of benzene rings is 2. The van der Waals surface area contributed by atoms with E-state index < -0.39 is 0 Å². The third-order valence-electron chi connectivity index (χ3n) is 3.70. The van der Waals surface area contributed by atoms with Crippen molar-refractivity contribution in [3.05, 3.63) is 83.4 Å². The van der Waals surface area contributed by atoms with Crippen molar-refractivity contribution in [1.29, 1.82) is 0 Å². The van der Waals surface area contributed by atoms with Crippen LogP contribution < -0.4 is 0 Å².